The van der Waals surface area contributed by atoms with E-state index in [2.05, 4.69) is 53.4 Å². The molecule has 1 saturated carbocycles. The second-order valence-electron chi connectivity index (χ2n) is 8.31. The highest BCUT2D eigenvalue weighted by Crippen LogP contribution is 2.37. The van der Waals surface area contributed by atoms with Crippen LogP contribution in [-0.4, -0.2) is 43.2 Å². The first-order valence-electron chi connectivity index (χ1n) is 10.3. The molecule has 1 aliphatic heterocycles. The zero-order valence-corrected chi connectivity index (χ0v) is 19.5. The van der Waals surface area contributed by atoms with Gasteiger partial charge in [-0.1, -0.05) is 25.8 Å². The fourth-order valence-corrected chi connectivity index (χ4v) is 4.07. The molecule has 1 saturated heterocycles. The Morgan fingerprint density at radius 1 is 1.26 bits per heavy atom. The number of nitrogens with zero attached hydrogens (tertiary/aromatic N) is 3. The van der Waals surface area contributed by atoms with Gasteiger partial charge in [0, 0.05) is 38.4 Å². The van der Waals surface area contributed by atoms with Crippen LogP contribution in [0, 0.1) is 12.3 Å². The number of piperidine rings is 1. The third-order valence-corrected chi connectivity index (χ3v) is 5.83. The van der Waals surface area contributed by atoms with E-state index in [0.717, 1.165) is 50.8 Å². The highest BCUT2D eigenvalue weighted by atomic mass is 127. The molecule has 2 aliphatic rings. The largest absolute Gasteiger partial charge is 0.357 e. The summed E-state index contributed by atoms with van der Waals surface area (Å²) in [6.07, 6.45) is 9.56. The summed E-state index contributed by atoms with van der Waals surface area (Å²) in [7, 11) is 0. The third kappa shape index (κ3) is 6.50. The number of pyridine rings is 1. The van der Waals surface area contributed by atoms with E-state index in [9.17, 15) is 0 Å². The minimum absolute atomic E-state index is 0. The molecule has 5 nitrogen and oxygen atoms in total. The Morgan fingerprint density at radius 2 is 1.96 bits per heavy atom. The van der Waals surface area contributed by atoms with Crippen molar-refractivity contribution in [3.63, 3.8) is 0 Å². The minimum atomic E-state index is 0. The molecule has 0 spiro atoms. The average Bonchev–Trinajstić information content (AvgIpc) is 3.08. The monoisotopic (exact) mass is 485 g/mol. The van der Waals surface area contributed by atoms with Gasteiger partial charge in [-0.05, 0) is 56.6 Å². The first kappa shape index (κ1) is 22.2. The zero-order valence-electron chi connectivity index (χ0n) is 17.1. The van der Waals surface area contributed by atoms with Gasteiger partial charge in [-0.25, -0.2) is 4.98 Å². The summed E-state index contributed by atoms with van der Waals surface area (Å²) in [6, 6.07) is 4.77. The van der Waals surface area contributed by atoms with E-state index >= 15 is 0 Å². The first-order chi connectivity index (χ1) is 12.6. The van der Waals surface area contributed by atoms with Gasteiger partial charge in [-0.3, -0.25) is 4.99 Å². The molecular formula is C21H36IN5. The Bertz CT molecular complexity index is 587. The van der Waals surface area contributed by atoms with Gasteiger partial charge < -0.3 is 15.5 Å². The first-order valence-corrected chi connectivity index (χ1v) is 10.3. The van der Waals surface area contributed by atoms with Crippen molar-refractivity contribution in [1.82, 2.24) is 15.6 Å². The molecule has 1 aromatic rings. The Morgan fingerprint density at radius 3 is 2.56 bits per heavy atom. The van der Waals surface area contributed by atoms with Crippen molar-refractivity contribution in [3.8, 4) is 0 Å². The molecule has 0 atom stereocenters. The number of aliphatic imine (C=N–C) groups is 1. The van der Waals surface area contributed by atoms with Gasteiger partial charge in [-0.2, -0.15) is 0 Å². The molecule has 152 valence electrons. The fourth-order valence-electron chi connectivity index (χ4n) is 4.07. The van der Waals surface area contributed by atoms with Crippen LogP contribution in [0.15, 0.2) is 23.3 Å². The molecule has 1 aliphatic carbocycles. The summed E-state index contributed by atoms with van der Waals surface area (Å²) in [6.45, 7) is 10.6. The van der Waals surface area contributed by atoms with Crippen LogP contribution in [0.5, 0.6) is 0 Å². The molecule has 0 amide bonds. The van der Waals surface area contributed by atoms with Crippen LogP contribution >= 0.6 is 24.0 Å². The summed E-state index contributed by atoms with van der Waals surface area (Å²) in [5, 5.41) is 7.10. The maximum absolute atomic E-state index is 4.92. The third-order valence-electron chi connectivity index (χ3n) is 5.83. The van der Waals surface area contributed by atoms with Crippen LogP contribution in [-0.2, 0) is 0 Å². The molecule has 6 heteroatoms. The summed E-state index contributed by atoms with van der Waals surface area (Å²) in [5.41, 5.74) is 1.62. The second kappa shape index (κ2) is 10.5. The van der Waals surface area contributed by atoms with Crippen molar-refractivity contribution in [2.24, 2.45) is 10.4 Å². The minimum Gasteiger partial charge on any atom is -0.357 e. The predicted molar refractivity (Wildman–Crippen MR) is 125 cm³/mol. The molecule has 1 aromatic heterocycles. The number of guanidine groups is 1. The van der Waals surface area contributed by atoms with Crippen LogP contribution in [0.3, 0.4) is 0 Å². The van der Waals surface area contributed by atoms with Crippen LogP contribution in [0.4, 0.5) is 5.82 Å². The van der Waals surface area contributed by atoms with Gasteiger partial charge in [-0.15, -0.1) is 24.0 Å². The lowest BCUT2D eigenvalue weighted by Crippen LogP contribution is -2.49. The summed E-state index contributed by atoms with van der Waals surface area (Å²) in [5.74, 6) is 2.09. The normalized spacial score (nSPS) is 20.3. The van der Waals surface area contributed by atoms with Gasteiger partial charge in [0.2, 0.25) is 0 Å². The highest BCUT2D eigenvalue weighted by Gasteiger charge is 2.28. The van der Waals surface area contributed by atoms with E-state index in [0.29, 0.717) is 11.5 Å². The van der Waals surface area contributed by atoms with Crippen LogP contribution < -0.4 is 15.5 Å². The number of aryl methyl sites for hydroxylation is 1. The topological polar surface area (TPSA) is 52.6 Å². The summed E-state index contributed by atoms with van der Waals surface area (Å²) >= 11 is 0. The molecule has 2 fully saturated rings. The van der Waals surface area contributed by atoms with Crippen molar-refractivity contribution < 1.29 is 0 Å². The standard InChI is InChI=1S/C21H35N5.HI/c1-4-22-20(24-16-21(3)11-5-6-12-21)25-18-9-13-26(14-10-18)19-8-7-17(2)15-23-19;/h7-8,15,18H,4-6,9-14,16H2,1-3H3,(H2,22,24,25);1H. The summed E-state index contributed by atoms with van der Waals surface area (Å²) in [4.78, 5) is 11.9. The Kier molecular flexibility index (Phi) is 8.63. The van der Waals surface area contributed by atoms with E-state index < -0.39 is 0 Å². The molecule has 3 rings (SSSR count). The van der Waals surface area contributed by atoms with Crippen molar-refractivity contribution in [3.05, 3.63) is 23.9 Å². The molecule has 0 bridgehead atoms. The highest BCUT2D eigenvalue weighted by molar-refractivity contribution is 14.0. The lowest BCUT2D eigenvalue weighted by Gasteiger charge is -2.34. The van der Waals surface area contributed by atoms with Crippen LogP contribution in [0.25, 0.3) is 0 Å². The summed E-state index contributed by atoms with van der Waals surface area (Å²) < 4.78 is 0. The van der Waals surface area contributed by atoms with Crippen LogP contribution in [0.1, 0.15) is 57.9 Å². The zero-order chi connectivity index (χ0) is 18.4. The number of nitrogens with one attached hydrogen (secondary N) is 2. The quantitative estimate of drug-likeness (QED) is 0.375. The van der Waals surface area contributed by atoms with Gasteiger partial charge >= 0.3 is 0 Å². The van der Waals surface area contributed by atoms with E-state index in [-0.39, 0.29) is 24.0 Å². The Hall–Kier alpha value is -1.05. The van der Waals surface area contributed by atoms with Gasteiger partial charge in [0.25, 0.3) is 0 Å². The molecule has 2 N–H and O–H groups in total. The van der Waals surface area contributed by atoms with Crippen LogP contribution in [0.2, 0.25) is 0 Å². The molecular weight excluding hydrogens is 449 g/mol. The average molecular weight is 485 g/mol. The van der Waals surface area contributed by atoms with E-state index in [4.69, 9.17) is 4.99 Å². The second-order valence-corrected chi connectivity index (χ2v) is 8.31. The van der Waals surface area contributed by atoms with Gasteiger partial charge in [0.1, 0.15) is 5.82 Å². The van der Waals surface area contributed by atoms with Gasteiger partial charge in [0.15, 0.2) is 5.96 Å². The van der Waals surface area contributed by atoms with Crippen molar-refractivity contribution in [2.45, 2.75) is 65.3 Å². The molecule has 27 heavy (non-hydrogen) atoms. The number of anilines is 1. The van der Waals surface area contributed by atoms with Crippen molar-refractivity contribution >= 4 is 35.8 Å². The Balaban J connectivity index is 0.00000261. The van der Waals surface area contributed by atoms with Gasteiger partial charge in [0.05, 0.1) is 0 Å². The van der Waals surface area contributed by atoms with Crippen molar-refractivity contribution in [2.75, 3.05) is 31.1 Å². The number of hydrogen-bond acceptors (Lipinski definition) is 3. The molecule has 0 radical (unpaired) electrons. The van der Waals surface area contributed by atoms with Crippen molar-refractivity contribution in [1.29, 1.82) is 0 Å². The van der Waals surface area contributed by atoms with E-state index in [1.165, 1.54) is 31.2 Å². The predicted octanol–water partition coefficient (Wildman–Crippen LogP) is 4.11. The molecule has 0 unspecified atom stereocenters. The van der Waals surface area contributed by atoms with E-state index in [1.54, 1.807) is 0 Å². The van der Waals surface area contributed by atoms with E-state index in [1.807, 2.05) is 6.20 Å². The number of rotatable bonds is 5. The number of aromatic nitrogens is 1. The lowest BCUT2D eigenvalue weighted by molar-refractivity contribution is 0.349. The number of halogens is 1. The Labute approximate surface area is 181 Å². The SMILES string of the molecule is CCNC(=NCC1(C)CCCC1)NC1CCN(c2ccc(C)cn2)CC1.I. The molecule has 2 heterocycles. The molecule has 0 aromatic carbocycles. The smallest absolute Gasteiger partial charge is 0.191 e. The number of hydrogen-bond donors (Lipinski definition) is 2. The maximum Gasteiger partial charge on any atom is 0.191 e. The maximum atomic E-state index is 4.92. The fraction of sp³-hybridized carbons (Fsp3) is 0.714. The lowest BCUT2D eigenvalue weighted by atomic mass is 9.89.